The molecule has 0 aliphatic carbocycles. The predicted octanol–water partition coefficient (Wildman–Crippen LogP) is 6.84. The summed E-state index contributed by atoms with van der Waals surface area (Å²) in [6, 6.07) is 0. The van der Waals surface area contributed by atoms with Crippen LogP contribution in [0.25, 0.3) is 0 Å². The molecule has 0 amide bonds. The molecule has 0 aromatic carbocycles. The van der Waals surface area contributed by atoms with Crippen LogP contribution >= 0.6 is 0 Å². The van der Waals surface area contributed by atoms with Crippen molar-refractivity contribution in [1.82, 2.24) is 0 Å². The first kappa shape index (κ1) is 18.0. The van der Waals surface area contributed by atoms with Gasteiger partial charge in [0.05, 0.1) is 0 Å². The molecule has 0 bridgehead atoms. The smallest absolute Gasteiger partial charge is 0.0440 e. The standard InChI is InChI=1S/C18H38/c1-6-8-9-10-11-12-17(4)15-18(5)14-13-16(3)7-2/h16-18H,6-15H2,1-5H3. The van der Waals surface area contributed by atoms with E-state index in [2.05, 4.69) is 34.6 Å². The van der Waals surface area contributed by atoms with Gasteiger partial charge in [-0.25, -0.2) is 0 Å². The fourth-order valence-corrected chi connectivity index (χ4v) is 2.79. The lowest BCUT2D eigenvalue weighted by atomic mass is 9.88. The van der Waals surface area contributed by atoms with Crippen LogP contribution in [0, 0.1) is 17.8 Å². The minimum atomic E-state index is 0.928. The quantitative estimate of drug-likeness (QED) is 0.335. The summed E-state index contributed by atoms with van der Waals surface area (Å²) in [6.45, 7) is 11.9. The van der Waals surface area contributed by atoms with E-state index in [0.717, 1.165) is 17.8 Å². The van der Waals surface area contributed by atoms with Crippen LogP contribution in [-0.4, -0.2) is 0 Å². The molecule has 0 heteroatoms. The summed E-state index contributed by atoms with van der Waals surface area (Å²) in [5, 5.41) is 0. The van der Waals surface area contributed by atoms with Gasteiger partial charge in [0, 0.05) is 0 Å². The maximum Gasteiger partial charge on any atom is -0.0440 e. The fourth-order valence-electron chi connectivity index (χ4n) is 2.79. The maximum absolute atomic E-state index is 2.46. The Morgan fingerprint density at radius 2 is 1.17 bits per heavy atom. The zero-order valence-corrected chi connectivity index (χ0v) is 13.8. The highest BCUT2D eigenvalue weighted by Crippen LogP contribution is 2.23. The highest BCUT2D eigenvalue weighted by molar-refractivity contribution is 4.62. The Bertz CT molecular complexity index is 161. The Hall–Kier alpha value is 0. The Morgan fingerprint density at radius 1 is 0.611 bits per heavy atom. The van der Waals surface area contributed by atoms with Crippen molar-refractivity contribution in [2.75, 3.05) is 0 Å². The Labute approximate surface area is 117 Å². The molecule has 0 aliphatic heterocycles. The van der Waals surface area contributed by atoms with Crippen molar-refractivity contribution in [3.63, 3.8) is 0 Å². The molecule has 3 unspecified atom stereocenters. The molecule has 0 saturated carbocycles. The van der Waals surface area contributed by atoms with Gasteiger partial charge in [-0.05, 0) is 24.2 Å². The topological polar surface area (TPSA) is 0 Å². The average molecular weight is 255 g/mol. The van der Waals surface area contributed by atoms with Gasteiger partial charge in [-0.3, -0.25) is 0 Å². The molecule has 0 nitrogen and oxygen atoms in total. The van der Waals surface area contributed by atoms with Crippen LogP contribution in [0.1, 0.15) is 98.8 Å². The van der Waals surface area contributed by atoms with E-state index in [1.54, 1.807) is 0 Å². The van der Waals surface area contributed by atoms with E-state index in [4.69, 9.17) is 0 Å². The Balaban J connectivity index is 3.45. The van der Waals surface area contributed by atoms with Gasteiger partial charge >= 0.3 is 0 Å². The van der Waals surface area contributed by atoms with Crippen molar-refractivity contribution in [2.24, 2.45) is 17.8 Å². The van der Waals surface area contributed by atoms with Crippen molar-refractivity contribution >= 4 is 0 Å². The summed E-state index contributed by atoms with van der Waals surface area (Å²) in [4.78, 5) is 0. The van der Waals surface area contributed by atoms with E-state index < -0.39 is 0 Å². The third kappa shape index (κ3) is 11.1. The summed E-state index contributed by atoms with van der Waals surface area (Å²) in [5.74, 6) is 2.81. The van der Waals surface area contributed by atoms with Gasteiger partial charge in [0.1, 0.15) is 0 Å². The molecule has 0 N–H and O–H groups in total. The lowest BCUT2D eigenvalue weighted by molar-refractivity contribution is 0.339. The van der Waals surface area contributed by atoms with Crippen LogP contribution < -0.4 is 0 Å². The summed E-state index contributed by atoms with van der Waals surface area (Å²) in [7, 11) is 0. The molecule has 0 saturated heterocycles. The molecule has 0 aromatic heterocycles. The highest BCUT2D eigenvalue weighted by Gasteiger charge is 2.10. The lowest BCUT2D eigenvalue weighted by Gasteiger charge is -2.18. The first-order valence-electron chi connectivity index (χ1n) is 8.60. The van der Waals surface area contributed by atoms with Crippen LogP contribution in [0.3, 0.4) is 0 Å². The lowest BCUT2D eigenvalue weighted by Crippen LogP contribution is -2.05. The zero-order chi connectivity index (χ0) is 13.8. The van der Waals surface area contributed by atoms with Crippen LogP contribution in [0.15, 0.2) is 0 Å². The fraction of sp³-hybridized carbons (Fsp3) is 1.00. The average Bonchev–Trinajstić information content (AvgIpc) is 2.35. The normalized spacial score (nSPS) is 16.5. The van der Waals surface area contributed by atoms with Gasteiger partial charge in [0.25, 0.3) is 0 Å². The van der Waals surface area contributed by atoms with Gasteiger partial charge in [-0.1, -0.05) is 92.4 Å². The van der Waals surface area contributed by atoms with Crippen molar-refractivity contribution in [3.05, 3.63) is 0 Å². The van der Waals surface area contributed by atoms with Crippen molar-refractivity contribution in [3.8, 4) is 0 Å². The monoisotopic (exact) mass is 254 g/mol. The maximum atomic E-state index is 2.46. The van der Waals surface area contributed by atoms with Gasteiger partial charge in [-0.15, -0.1) is 0 Å². The molecule has 0 radical (unpaired) electrons. The van der Waals surface area contributed by atoms with E-state index in [1.807, 2.05) is 0 Å². The second kappa shape index (κ2) is 12.1. The van der Waals surface area contributed by atoms with Gasteiger partial charge in [0.15, 0.2) is 0 Å². The second-order valence-corrected chi connectivity index (χ2v) is 6.74. The first-order valence-corrected chi connectivity index (χ1v) is 8.60. The van der Waals surface area contributed by atoms with Crippen molar-refractivity contribution in [2.45, 2.75) is 98.8 Å². The number of hydrogen-bond donors (Lipinski definition) is 0. The Kier molecular flexibility index (Phi) is 12.1. The highest BCUT2D eigenvalue weighted by atomic mass is 14.2. The molecule has 0 heterocycles. The summed E-state index contributed by atoms with van der Waals surface area (Å²) in [5.41, 5.74) is 0. The van der Waals surface area contributed by atoms with Gasteiger partial charge in [-0.2, -0.15) is 0 Å². The molecule has 0 fully saturated rings. The van der Waals surface area contributed by atoms with Crippen molar-refractivity contribution in [1.29, 1.82) is 0 Å². The van der Waals surface area contributed by atoms with Crippen LogP contribution in [0.2, 0.25) is 0 Å². The molecule has 0 spiro atoms. The molecular formula is C18H38. The summed E-state index contributed by atoms with van der Waals surface area (Å²) in [6.07, 6.45) is 14.3. The summed E-state index contributed by atoms with van der Waals surface area (Å²) < 4.78 is 0. The third-order valence-electron chi connectivity index (χ3n) is 4.45. The third-order valence-corrected chi connectivity index (χ3v) is 4.45. The SMILES string of the molecule is CCCCCCCC(C)CC(C)CCC(C)CC. The minimum Gasteiger partial charge on any atom is -0.0654 e. The number of hydrogen-bond acceptors (Lipinski definition) is 0. The molecule has 0 aromatic rings. The summed E-state index contributed by atoms with van der Waals surface area (Å²) >= 11 is 0. The van der Waals surface area contributed by atoms with Gasteiger partial charge < -0.3 is 0 Å². The Morgan fingerprint density at radius 3 is 1.78 bits per heavy atom. The van der Waals surface area contributed by atoms with E-state index >= 15 is 0 Å². The van der Waals surface area contributed by atoms with Crippen LogP contribution in [0.5, 0.6) is 0 Å². The molecule has 110 valence electrons. The van der Waals surface area contributed by atoms with Crippen LogP contribution in [-0.2, 0) is 0 Å². The van der Waals surface area contributed by atoms with Crippen molar-refractivity contribution < 1.29 is 0 Å². The zero-order valence-electron chi connectivity index (χ0n) is 13.8. The molecule has 0 rings (SSSR count). The molecule has 3 atom stereocenters. The number of unbranched alkanes of at least 4 members (excludes halogenated alkanes) is 4. The van der Waals surface area contributed by atoms with Gasteiger partial charge in [0.2, 0.25) is 0 Å². The first-order chi connectivity index (χ1) is 8.60. The van der Waals surface area contributed by atoms with E-state index in [1.165, 1.54) is 64.2 Å². The molecule has 0 aliphatic rings. The minimum absolute atomic E-state index is 0.928. The van der Waals surface area contributed by atoms with E-state index in [-0.39, 0.29) is 0 Å². The number of rotatable bonds is 12. The van der Waals surface area contributed by atoms with E-state index in [9.17, 15) is 0 Å². The second-order valence-electron chi connectivity index (χ2n) is 6.74. The van der Waals surface area contributed by atoms with E-state index in [0.29, 0.717) is 0 Å². The predicted molar refractivity (Wildman–Crippen MR) is 85.0 cm³/mol. The largest absolute Gasteiger partial charge is 0.0654 e. The van der Waals surface area contributed by atoms with Crippen LogP contribution in [0.4, 0.5) is 0 Å². The molecule has 18 heavy (non-hydrogen) atoms. The molecular weight excluding hydrogens is 216 g/mol.